The molecular formula is C16H18N8O. The zero-order valence-electron chi connectivity index (χ0n) is 14.0. The molecule has 1 atom stereocenters. The fraction of sp³-hybridized carbons (Fsp3) is 0.500. The first-order valence-corrected chi connectivity index (χ1v) is 8.35. The van der Waals surface area contributed by atoms with E-state index in [0.717, 1.165) is 42.8 Å². The van der Waals surface area contributed by atoms with Crippen LogP contribution < -0.4 is 4.90 Å². The Labute approximate surface area is 144 Å². The average molecular weight is 338 g/mol. The minimum atomic E-state index is 0.202. The Kier molecular flexibility index (Phi) is 4.01. The highest BCUT2D eigenvalue weighted by atomic mass is 16.5. The average Bonchev–Trinajstić information content (AvgIpc) is 3.26. The molecular weight excluding hydrogens is 320 g/mol. The first kappa shape index (κ1) is 15.5. The normalized spacial score (nSPS) is 17.8. The first-order chi connectivity index (χ1) is 12.3. The van der Waals surface area contributed by atoms with Gasteiger partial charge >= 0.3 is 0 Å². The molecule has 0 amide bonds. The van der Waals surface area contributed by atoms with Gasteiger partial charge in [-0.1, -0.05) is 5.16 Å². The van der Waals surface area contributed by atoms with Gasteiger partial charge < -0.3 is 9.42 Å². The molecule has 1 saturated heterocycles. The molecule has 9 nitrogen and oxygen atoms in total. The number of nitriles is 1. The van der Waals surface area contributed by atoms with E-state index in [4.69, 9.17) is 9.78 Å². The summed E-state index contributed by atoms with van der Waals surface area (Å²) in [6.45, 7) is 4.05. The number of hydrogen-bond donors (Lipinski definition) is 0. The second kappa shape index (κ2) is 6.47. The third-order valence-corrected chi connectivity index (χ3v) is 4.46. The van der Waals surface area contributed by atoms with Gasteiger partial charge in [0.1, 0.15) is 12.1 Å². The van der Waals surface area contributed by atoms with Crippen LogP contribution in [-0.2, 0) is 6.54 Å². The smallest absolute Gasteiger partial charge is 0.231 e. The number of anilines is 1. The molecule has 1 aliphatic rings. The zero-order chi connectivity index (χ0) is 17.2. The molecule has 0 aromatic carbocycles. The number of hydrogen-bond acceptors (Lipinski definition) is 8. The number of rotatable bonds is 4. The van der Waals surface area contributed by atoms with Gasteiger partial charge in [0.05, 0.1) is 36.5 Å². The van der Waals surface area contributed by atoms with Crippen molar-refractivity contribution in [3.63, 3.8) is 0 Å². The number of aromatic nitrogens is 6. The van der Waals surface area contributed by atoms with E-state index >= 15 is 0 Å². The SMILES string of the molecule is Cc1noc([C@H]2CCCN(c3ncnc4c3cnn4CCC#N)C2)n1. The van der Waals surface area contributed by atoms with Crippen LogP contribution in [0.5, 0.6) is 0 Å². The van der Waals surface area contributed by atoms with Crippen molar-refractivity contribution in [1.29, 1.82) is 5.26 Å². The highest BCUT2D eigenvalue weighted by molar-refractivity contribution is 5.86. The van der Waals surface area contributed by atoms with Crippen LogP contribution in [-0.4, -0.2) is 43.0 Å². The van der Waals surface area contributed by atoms with Gasteiger partial charge in [0.15, 0.2) is 11.5 Å². The van der Waals surface area contributed by atoms with Crippen LogP contribution in [0, 0.1) is 18.3 Å². The molecule has 0 radical (unpaired) electrons. The van der Waals surface area contributed by atoms with Crippen molar-refractivity contribution in [3.8, 4) is 6.07 Å². The van der Waals surface area contributed by atoms with E-state index in [1.165, 1.54) is 0 Å². The topological polar surface area (TPSA) is 110 Å². The van der Waals surface area contributed by atoms with Crippen LogP contribution in [0.2, 0.25) is 0 Å². The van der Waals surface area contributed by atoms with E-state index < -0.39 is 0 Å². The van der Waals surface area contributed by atoms with Crippen molar-refractivity contribution in [1.82, 2.24) is 29.9 Å². The summed E-state index contributed by atoms with van der Waals surface area (Å²) in [7, 11) is 0. The van der Waals surface area contributed by atoms with Gasteiger partial charge in [0, 0.05) is 13.1 Å². The molecule has 3 aromatic rings. The van der Waals surface area contributed by atoms with E-state index in [2.05, 4.69) is 36.2 Å². The number of nitrogens with zero attached hydrogens (tertiary/aromatic N) is 8. The maximum absolute atomic E-state index is 8.78. The Bertz CT molecular complexity index is 924. The number of fused-ring (bicyclic) bond motifs is 1. The molecule has 9 heteroatoms. The lowest BCUT2D eigenvalue weighted by molar-refractivity contribution is 0.331. The van der Waals surface area contributed by atoms with Crippen molar-refractivity contribution >= 4 is 16.9 Å². The van der Waals surface area contributed by atoms with Crippen molar-refractivity contribution in [2.24, 2.45) is 0 Å². The Morgan fingerprint density at radius 2 is 2.32 bits per heavy atom. The second-order valence-electron chi connectivity index (χ2n) is 6.18. The molecule has 0 aliphatic carbocycles. The zero-order valence-corrected chi connectivity index (χ0v) is 14.0. The van der Waals surface area contributed by atoms with Crippen LogP contribution >= 0.6 is 0 Å². The van der Waals surface area contributed by atoms with Crippen LogP contribution in [0.4, 0.5) is 5.82 Å². The van der Waals surface area contributed by atoms with Crippen molar-refractivity contribution in [2.45, 2.75) is 38.6 Å². The van der Waals surface area contributed by atoms with E-state index in [-0.39, 0.29) is 5.92 Å². The largest absolute Gasteiger partial charge is 0.355 e. The molecule has 0 N–H and O–H groups in total. The molecule has 0 unspecified atom stereocenters. The van der Waals surface area contributed by atoms with Crippen LogP contribution in [0.15, 0.2) is 17.0 Å². The molecule has 0 spiro atoms. The van der Waals surface area contributed by atoms with Gasteiger partial charge in [-0.15, -0.1) is 0 Å². The summed E-state index contributed by atoms with van der Waals surface area (Å²) in [4.78, 5) is 15.4. The lowest BCUT2D eigenvalue weighted by Crippen LogP contribution is -2.35. The molecule has 0 bridgehead atoms. The summed E-state index contributed by atoms with van der Waals surface area (Å²) in [6, 6.07) is 2.14. The fourth-order valence-corrected chi connectivity index (χ4v) is 3.30. The van der Waals surface area contributed by atoms with E-state index in [1.54, 1.807) is 17.2 Å². The summed E-state index contributed by atoms with van der Waals surface area (Å²) < 4.78 is 7.11. The van der Waals surface area contributed by atoms with Crippen LogP contribution in [0.25, 0.3) is 11.0 Å². The molecule has 0 saturated carbocycles. The third-order valence-electron chi connectivity index (χ3n) is 4.46. The van der Waals surface area contributed by atoms with Crippen LogP contribution in [0.1, 0.15) is 36.9 Å². The van der Waals surface area contributed by atoms with Gasteiger partial charge in [-0.2, -0.15) is 15.3 Å². The highest BCUT2D eigenvalue weighted by Crippen LogP contribution is 2.31. The first-order valence-electron chi connectivity index (χ1n) is 8.35. The molecule has 1 aliphatic heterocycles. The third kappa shape index (κ3) is 2.91. The molecule has 128 valence electrons. The predicted molar refractivity (Wildman–Crippen MR) is 88.8 cm³/mol. The highest BCUT2D eigenvalue weighted by Gasteiger charge is 2.27. The van der Waals surface area contributed by atoms with Gasteiger partial charge in [-0.3, -0.25) is 0 Å². The molecule has 25 heavy (non-hydrogen) atoms. The standard InChI is InChI=1S/C16H18N8O/c1-11-21-16(25-22-11)12-4-2-6-23(9-12)14-13-8-20-24(7-3-5-17)15(13)19-10-18-14/h8,10,12H,2-4,6-7,9H2,1H3/t12-/m0/s1. The minimum Gasteiger partial charge on any atom is -0.355 e. The Morgan fingerprint density at radius 3 is 3.12 bits per heavy atom. The van der Waals surface area contributed by atoms with Gasteiger partial charge in [0.25, 0.3) is 0 Å². The molecule has 4 rings (SSSR count). The van der Waals surface area contributed by atoms with Gasteiger partial charge in [-0.05, 0) is 19.8 Å². The summed E-state index contributed by atoms with van der Waals surface area (Å²) in [5, 5.41) is 18.0. The van der Waals surface area contributed by atoms with E-state index in [0.29, 0.717) is 24.7 Å². The Morgan fingerprint density at radius 1 is 1.40 bits per heavy atom. The van der Waals surface area contributed by atoms with Crippen molar-refractivity contribution in [3.05, 3.63) is 24.2 Å². The fourth-order valence-electron chi connectivity index (χ4n) is 3.30. The monoisotopic (exact) mass is 338 g/mol. The van der Waals surface area contributed by atoms with Gasteiger partial charge in [0.2, 0.25) is 5.89 Å². The quantitative estimate of drug-likeness (QED) is 0.708. The maximum Gasteiger partial charge on any atom is 0.231 e. The van der Waals surface area contributed by atoms with Crippen molar-refractivity contribution < 1.29 is 4.52 Å². The number of piperidine rings is 1. The summed E-state index contributed by atoms with van der Waals surface area (Å²) >= 11 is 0. The van der Waals surface area contributed by atoms with Crippen molar-refractivity contribution in [2.75, 3.05) is 18.0 Å². The number of aryl methyl sites for hydroxylation is 2. The Balaban J connectivity index is 1.62. The molecule has 4 heterocycles. The van der Waals surface area contributed by atoms with Crippen LogP contribution in [0.3, 0.4) is 0 Å². The van der Waals surface area contributed by atoms with E-state index in [9.17, 15) is 0 Å². The Hall–Kier alpha value is -3.02. The maximum atomic E-state index is 8.78. The second-order valence-corrected chi connectivity index (χ2v) is 6.18. The summed E-state index contributed by atoms with van der Waals surface area (Å²) in [5.74, 6) is 2.43. The predicted octanol–water partition coefficient (Wildman–Crippen LogP) is 1.82. The van der Waals surface area contributed by atoms with E-state index in [1.807, 2.05) is 6.92 Å². The minimum absolute atomic E-state index is 0.202. The lowest BCUT2D eigenvalue weighted by atomic mass is 9.98. The summed E-state index contributed by atoms with van der Waals surface area (Å²) in [6.07, 6.45) is 5.79. The molecule has 1 fully saturated rings. The van der Waals surface area contributed by atoms with Gasteiger partial charge in [-0.25, -0.2) is 14.6 Å². The lowest BCUT2D eigenvalue weighted by Gasteiger charge is -2.32. The summed E-state index contributed by atoms with van der Waals surface area (Å²) in [5.41, 5.74) is 0.760. The molecule has 3 aromatic heterocycles.